The molecule has 0 aromatic heterocycles. The molecule has 1 aliphatic heterocycles. The monoisotopic (exact) mass is 310 g/mol. The van der Waals surface area contributed by atoms with Crippen LogP contribution in [0.3, 0.4) is 0 Å². The van der Waals surface area contributed by atoms with Crippen molar-refractivity contribution in [2.75, 3.05) is 19.0 Å². The van der Waals surface area contributed by atoms with Crippen molar-refractivity contribution < 1.29 is 24.9 Å². The molecule has 3 N–H and O–H groups in total. The fraction of sp³-hybridized carbons (Fsp3) is 0.917. The van der Waals surface area contributed by atoms with Gasteiger partial charge in [0.05, 0.1) is 6.61 Å². The van der Waals surface area contributed by atoms with Gasteiger partial charge < -0.3 is 20.1 Å². The molecule has 19 heavy (non-hydrogen) atoms. The molecule has 0 aliphatic carbocycles. The van der Waals surface area contributed by atoms with Crippen LogP contribution >= 0.6 is 21.6 Å². The molecule has 0 radical (unpaired) electrons. The van der Waals surface area contributed by atoms with Crippen molar-refractivity contribution in [2.45, 2.75) is 49.6 Å². The van der Waals surface area contributed by atoms with E-state index in [9.17, 15) is 9.90 Å². The van der Waals surface area contributed by atoms with Crippen LogP contribution < -0.4 is 0 Å². The predicted molar refractivity (Wildman–Crippen MR) is 77.0 cm³/mol. The van der Waals surface area contributed by atoms with Crippen LogP contribution in [0.25, 0.3) is 0 Å². The fourth-order valence-corrected chi connectivity index (χ4v) is 4.72. The van der Waals surface area contributed by atoms with Crippen molar-refractivity contribution in [3.63, 3.8) is 0 Å². The Balaban J connectivity index is 1.98. The predicted octanol–water partition coefficient (Wildman–Crippen LogP) is 0.958. The molecular formula is C12H22O5S2. The number of aliphatic hydroxyl groups is 3. The molecule has 112 valence electrons. The van der Waals surface area contributed by atoms with E-state index in [0.29, 0.717) is 6.42 Å². The smallest absolute Gasteiger partial charge is 0.305 e. The number of unbranched alkanes of at least 4 members (excludes halogenated alkanes) is 1. The van der Waals surface area contributed by atoms with E-state index >= 15 is 0 Å². The summed E-state index contributed by atoms with van der Waals surface area (Å²) in [4.78, 5) is 11.4. The fourth-order valence-electron chi connectivity index (χ4n) is 1.69. The summed E-state index contributed by atoms with van der Waals surface area (Å²) in [6.07, 6.45) is 2.05. The molecule has 0 aromatic rings. The summed E-state index contributed by atoms with van der Waals surface area (Å²) in [5.74, 6) is 0.861. The Morgan fingerprint density at radius 1 is 1.32 bits per heavy atom. The van der Waals surface area contributed by atoms with Gasteiger partial charge in [-0.1, -0.05) is 28.0 Å². The Hall–Kier alpha value is 0.0500. The maximum Gasteiger partial charge on any atom is 0.305 e. The van der Waals surface area contributed by atoms with Crippen molar-refractivity contribution in [2.24, 2.45) is 0 Å². The van der Waals surface area contributed by atoms with E-state index in [1.54, 1.807) is 0 Å². The molecule has 7 heteroatoms. The molecule has 0 bridgehead atoms. The average molecular weight is 310 g/mol. The van der Waals surface area contributed by atoms with Crippen molar-refractivity contribution in [1.29, 1.82) is 0 Å². The van der Waals surface area contributed by atoms with Crippen molar-refractivity contribution in [3.05, 3.63) is 0 Å². The zero-order valence-electron chi connectivity index (χ0n) is 10.9. The van der Waals surface area contributed by atoms with Crippen LogP contribution in [-0.4, -0.2) is 57.7 Å². The van der Waals surface area contributed by atoms with Crippen molar-refractivity contribution >= 4 is 27.6 Å². The lowest BCUT2D eigenvalue weighted by atomic mass is 10.1. The molecule has 0 unspecified atom stereocenters. The lowest BCUT2D eigenvalue weighted by molar-refractivity contribution is -0.149. The zero-order chi connectivity index (χ0) is 14.1. The highest BCUT2D eigenvalue weighted by molar-refractivity contribution is 8.77. The highest BCUT2D eigenvalue weighted by Crippen LogP contribution is 2.39. The standard InChI is InChI=1S/C12H22O5S2/c13-7-10(14)11(15)8-17-12(16)4-2-1-3-9-5-6-18-19-9/h9-11,13-15H,1-8H2/t9-,10-,11+/m1/s1. The van der Waals surface area contributed by atoms with Crippen LogP contribution in [0.4, 0.5) is 0 Å². The number of hydrogen-bond donors (Lipinski definition) is 3. The molecule has 3 atom stereocenters. The molecule has 0 saturated carbocycles. The maximum atomic E-state index is 11.4. The lowest BCUT2D eigenvalue weighted by Crippen LogP contribution is -2.34. The van der Waals surface area contributed by atoms with E-state index in [0.717, 1.165) is 24.5 Å². The molecule has 1 rings (SSSR count). The second kappa shape index (κ2) is 9.88. The van der Waals surface area contributed by atoms with E-state index in [1.165, 1.54) is 12.2 Å². The minimum atomic E-state index is -1.26. The number of carbonyl (C=O) groups is 1. The number of hydrogen-bond acceptors (Lipinski definition) is 7. The van der Waals surface area contributed by atoms with Gasteiger partial charge in [0, 0.05) is 17.4 Å². The first-order valence-electron chi connectivity index (χ1n) is 6.54. The minimum absolute atomic E-state index is 0.268. The molecule has 0 aromatic carbocycles. The van der Waals surface area contributed by atoms with Crippen LogP contribution in [0.5, 0.6) is 0 Å². The summed E-state index contributed by atoms with van der Waals surface area (Å²) in [6, 6.07) is 0. The lowest BCUT2D eigenvalue weighted by Gasteiger charge is -2.15. The van der Waals surface area contributed by atoms with Gasteiger partial charge in [-0.3, -0.25) is 4.79 Å². The highest BCUT2D eigenvalue weighted by atomic mass is 33.1. The van der Waals surface area contributed by atoms with E-state index in [4.69, 9.17) is 14.9 Å². The zero-order valence-corrected chi connectivity index (χ0v) is 12.5. The molecule has 1 saturated heterocycles. The summed E-state index contributed by atoms with van der Waals surface area (Å²) < 4.78 is 4.83. The molecule has 5 nitrogen and oxygen atoms in total. The summed E-state index contributed by atoms with van der Waals surface area (Å²) >= 11 is 0. The largest absolute Gasteiger partial charge is 0.463 e. The van der Waals surface area contributed by atoms with Crippen molar-refractivity contribution in [3.8, 4) is 0 Å². The number of rotatable bonds is 9. The Morgan fingerprint density at radius 2 is 2.11 bits per heavy atom. The van der Waals surface area contributed by atoms with Gasteiger partial charge in [0.15, 0.2) is 0 Å². The molecular weight excluding hydrogens is 288 g/mol. The minimum Gasteiger partial charge on any atom is -0.463 e. The number of ether oxygens (including phenoxy) is 1. The van der Waals surface area contributed by atoms with E-state index in [1.807, 2.05) is 21.6 Å². The second-order valence-electron chi connectivity index (χ2n) is 4.57. The van der Waals surface area contributed by atoms with Gasteiger partial charge in [0.1, 0.15) is 18.8 Å². The third kappa shape index (κ3) is 7.41. The third-order valence-corrected chi connectivity index (χ3v) is 5.94. The molecule has 1 aliphatic rings. The summed E-state index contributed by atoms with van der Waals surface area (Å²) in [5, 5.41) is 27.7. The highest BCUT2D eigenvalue weighted by Gasteiger charge is 2.18. The topological polar surface area (TPSA) is 87.0 Å². The second-order valence-corrected chi connectivity index (χ2v) is 7.36. The van der Waals surface area contributed by atoms with E-state index in [-0.39, 0.29) is 12.6 Å². The van der Waals surface area contributed by atoms with Gasteiger partial charge in [-0.05, 0) is 19.3 Å². The van der Waals surface area contributed by atoms with Crippen LogP contribution in [0, 0.1) is 0 Å². The van der Waals surface area contributed by atoms with Gasteiger partial charge in [-0.2, -0.15) is 0 Å². The summed E-state index contributed by atoms with van der Waals surface area (Å²) in [6.45, 7) is -0.814. The molecule has 0 amide bonds. The van der Waals surface area contributed by atoms with Crippen LogP contribution in [0.1, 0.15) is 32.1 Å². The van der Waals surface area contributed by atoms with Crippen LogP contribution in [0.15, 0.2) is 0 Å². The van der Waals surface area contributed by atoms with Gasteiger partial charge in [0.25, 0.3) is 0 Å². The first-order valence-corrected chi connectivity index (χ1v) is 8.92. The van der Waals surface area contributed by atoms with E-state index in [2.05, 4.69) is 0 Å². The van der Waals surface area contributed by atoms with Gasteiger partial charge in [-0.25, -0.2) is 0 Å². The molecule has 1 heterocycles. The van der Waals surface area contributed by atoms with Crippen LogP contribution in [-0.2, 0) is 9.53 Å². The van der Waals surface area contributed by atoms with E-state index < -0.39 is 18.8 Å². The summed E-state index contributed by atoms with van der Waals surface area (Å²) in [7, 11) is 3.85. The number of aliphatic hydroxyl groups excluding tert-OH is 3. The molecule has 1 fully saturated rings. The normalized spacial score (nSPS) is 22.2. The average Bonchev–Trinajstić information content (AvgIpc) is 2.93. The first-order chi connectivity index (χ1) is 9.13. The van der Waals surface area contributed by atoms with Crippen molar-refractivity contribution in [1.82, 2.24) is 0 Å². The first kappa shape index (κ1) is 17.1. The Labute approximate surface area is 121 Å². The van der Waals surface area contributed by atoms with Gasteiger partial charge in [0.2, 0.25) is 0 Å². The SMILES string of the molecule is O=C(CCCC[C@@H]1CCSS1)OC[C@H](O)[C@H](O)CO. The third-order valence-electron chi connectivity index (χ3n) is 2.93. The number of carbonyl (C=O) groups excluding carboxylic acids is 1. The Bertz CT molecular complexity index is 259. The van der Waals surface area contributed by atoms with Gasteiger partial charge in [-0.15, -0.1) is 0 Å². The Kier molecular flexibility index (Phi) is 8.89. The Morgan fingerprint density at radius 3 is 2.74 bits per heavy atom. The molecule has 0 spiro atoms. The summed E-state index contributed by atoms with van der Waals surface area (Å²) in [5.41, 5.74) is 0. The maximum absolute atomic E-state index is 11.4. The van der Waals surface area contributed by atoms with Crippen LogP contribution in [0.2, 0.25) is 0 Å². The number of esters is 1. The van der Waals surface area contributed by atoms with Gasteiger partial charge >= 0.3 is 5.97 Å². The quantitative estimate of drug-likeness (QED) is 0.332.